The molecule has 0 radical (unpaired) electrons. The Labute approximate surface area is 96.9 Å². The summed E-state index contributed by atoms with van der Waals surface area (Å²) in [6, 6.07) is 0. The fourth-order valence-corrected chi connectivity index (χ4v) is 2.34. The lowest BCUT2D eigenvalue weighted by Crippen LogP contribution is -2.66. The van der Waals surface area contributed by atoms with Crippen LogP contribution < -0.4 is 0 Å². The zero-order valence-corrected chi connectivity index (χ0v) is 10.4. The van der Waals surface area contributed by atoms with E-state index >= 15 is 0 Å². The molecule has 0 atom stereocenters. The third-order valence-corrected chi connectivity index (χ3v) is 3.20. The van der Waals surface area contributed by atoms with Crippen LogP contribution in [0.4, 0.5) is 4.79 Å². The molecule has 0 aromatic heterocycles. The Morgan fingerprint density at radius 1 is 1.31 bits per heavy atom. The number of nitrogens with zero attached hydrogens (tertiary/aromatic N) is 1. The van der Waals surface area contributed by atoms with Gasteiger partial charge >= 0.3 is 6.09 Å². The van der Waals surface area contributed by atoms with Gasteiger partial charge in [0.25, 0.3) is 0 Å². The van der Waals surface area contributed by atoms with Gasteiger partial charge in [0.2, 0.25) is 0 Å². The molecule has 16 heavy (non-hydrogen) atoms. The Morgan fingerprint density at radius 2 is 2.00 bits per heavy atom. The maximum absolute atomic E-state index is 12.1. The van der Waals surface area contributed by atoms with Crippen LogP contribution in [0, 0.1) is 0 Å². The molecule has 2 rings (SSSR count). The number of ether oxygens (including phenoxy) is 2. The van der Waals surface area contributed by atoms with Gasteiger partial charge in [-0.25, -0.2) is 4.79 Å². The summed E-state index contributed by atoms with van der Waals surface area (Å²) in [6.45, 7) is 7.85. The van der Waals surface area contributed by atoms with Crippen molar-refractivity contribution in [3.05, 3.63) is 0 Å². The van der Waals surface area contributed by atoms with E-state index < -0.39 is 5.60 Å². The van der Waals surface area contributed by atoms with Gasteiger partial charge in [-0.3, -0.25) is 4.90 Å². The van der Waals surface area contributed by atoms with Gasteiger partial charge in [0.1, 0.15) is 5.60 Å². The van der Waals surface area contributed by atoms with E-state index in [4.69, 9.17) is 9.47 Å². The Balaban J connectivity index is 2.03. The Kier molecular flexibility index (Phi) is 2.86. The molecule has 2 aliphatic rings. The Bertz CT molecular complexity index is 278. The number of rotatable bonds is 0. The predicted molar refractivity (Wildman–Crippen MR) is 60.3 cm³/mol. The molecule has 1 amide bonds. The van der Waals surface area contributed by atoms with Gasteiger partial charge in [0.05, 0.1) is 18.8 Å². The van der Waals surface area contributed by atoms with Gasteiger partial charge in [-0.2, -0.15) is 0 Å². The van der Waals surface area contributed by atoms with E-state index in [1.54, 1.807) is 0 Å². The van der Waals surface area contributed by atoms with Crippen molar-refractivity contribution in [2.24, 2.45) is 0 Å². The van der Waals surface area contributed by atoms with Crippen LogP contribution in [0.5, 0.6) is 0 Å². The van der Waals surface area contributed by atoms with Crippen LogP contribution >= 0.6 is 0 Å². The summed E-state index contributed by atoms with van der Waals surface area (Å²) in [4.78, 5) is 14.0. The molecule has 0 aromatic rings. The van der Waals surface area contributed by atoms with Crippen LogP contribution in [0.1, 0.15) is 40.0 Å². The molecule has 2 aliphatic heterocycles. The number of amides is 1. The quantitative estimate of drug-likeness (QED) is 0.636. The van der Waals surface area contributed by atoms with Gasteiger partial charge in [0.15, 0.2) is 0 Å². The fourth-order valence-electron chi connectivity index (χ4n) is 2.34. The van der Waals surface area contributed by atoms with E-state index in [0.717, 1.165) is 19.4 Å². The largest absolute Gasteiger partial charge is 0.444 e. The van der Waals surface area contributed by atoms with Crippen LogP contribution in [0.2, 0.25) is 0 Å². The second-order valence-corrected chi connectivity index (χ2v) is 5.81. The van der Waals surface area contributed by atoms with Crippen molar-refractivity contribution >= 4 is 6.09 Å². The van der Waals surface area contributed by atoms with Crippen LogP contribution in [0.3, 0.4) is 0 Å². The van der Waals surface area contributed by atoms with Gasteiger partial charge in [-0.1, -0.05) is 0 Å². The summed E-state index contributed by atoms with van der Waals surface area (Å²) in [5, 5.41) is 0. The van der Waals surface area contributed by atoms with E-state index in [9.17, 15) is 4.79 Å². The molecule has 0 aliphatic carbocycles. The number of hydrogen-bond donors (Lipinski definition) is 0. The number of carbonyl (C=O) groups is 1. The van der Waals surface area contributed by atoms with E-state index in [1.807, 2.05) is 25.7 Å². The highest BCUT2D eigenvalue weighted by atomic mass is 16.6. The average molecular weight is 227 g/mol. The first-order valence-corrected chi connectivity index (χ1v) is 6.01. The summed E-state index contributed by atoms with van der Waals surface area (Å²) < 4.78 is 10.7. The minimum Gasteiger partial charge on any atom is -0.444 e. The number of carbonyl (C=O) groups excluding carboxylic acids is 1. The molecule has 2 saturated heterocycles. The number of likely N-dealkylation sites (tertiary alicyclic amines) is 1. The summed E-state index contributed by atoms with van der Waals surface area (Å²) in [6.07, 6.45) is 3.12. The Morgan fingerprint density at radius 3 is 2.50 bits per heavy atom. The van der Waals surface area contributed by atoms with E-state index in [0.29, 0.717) is 13.2 Å². The molecule has 2 fully saturated rings. The highest BCUT2D eigenvalue weighted by Crippen LogP contribution is 2.35. The SMILES string of the molecule is CC(C)(C)OC(=O)N1CCCCC12COC2. The van der Waals surface area contributed by atoms with Crippen molar-refractivity contribution in [1.82, 2.24) is 4.90 Å². The third kappa shape index (κ3) is 2.17. The maximum atomic E-state index is 12.1. The van der Waals surface area contributed by atoms with Crippen LogP contribution in [0.15, 0.2) is 0 Å². The maximum Gasteiger partial charge on any atom is 0.410 e. The van der Waals surface area contributed by atoms with Crippen LogP contribution in [0.25, 0.3) is 0 Å². The minimum absolute atomic E-state index is 0.0550. The molecule has 2 heterocycles. The monoisotopic (exact) mass is 227 g/mol. The zero-order chi connectivity index (χ0) is 11.8. The molecule has 0 aromatic carbocycles. The molecule has 0 bridgehead atoms. The van der Waals surface area contributed by atoms with Crippen molar-refractivity contribution in [2.45, 2.75) is 51.2 Å². The first kappa shape index (κ1) is 11.7. The van der Waals surface area contributed by atoms with Crippen molar-refractivity contribution in [1.29, 1.82) is 0 Å². The second kappa shape index (κ2) is 3.91. The average Bonchev–Trinajstić information content (AvgIpc) is 2.12. The van der Waals surface area contributed by atoms with E-state index in [-0.39, 0.29) is 11.6 Å². The minimum atomic E-state index is -0.416. The van der Waals surface area contributed by atoms with Gasteiger partial charge in [-0.05, 0) is 40.0 Å². The molecule has 4 heteroatoms. The molecule has 0 N–H and O–H groups in total. The second-order valence-electron chi connectivity index (χ2n) is 5.81. The molecular formula is C12H21NO3. The third-order valence-electron chi connectivity index (χ3n) is 3.20. The van der Waals surface area contributed by atoms with Crippen LogP contribution in [-0.2, 0) is 9.47 Å². The highest BCUT2D eigenvalue weighted by molar-refractivity contribution is 5.69. The van der Waals surface area contributed by atoms with Gasteiger partial charge in [-0.15, -0.1) is 0 Å². The topological polar surface area (TPSA) is 38.8 Å². The highest BCUT2D eigenvalue weighted by Gasteiger charge is 2.48. The van der Waals surface area contributed by atoms with Gasteiger partial charge < -0.3 is 9.47 Å². The normalized spacial score (nSPS) is 24.1. The predicted octanol–water partition coefficient (Wildman–Crippen LogP) is 2.18. The van der Waals surface area contributed by atoms with Crippen molar-refractivity contribution in [2.75, 3.05) is 19.8 Å². The van der Waals surface area contributed by atoms with E-state index in [1.165, 1.54) is 6.42 Å². The summed E-state index contributed by atoms with van der Waals surface area (Å²) >= 11 is 0. The molecule has 1 spiro atoms. The smallest absolute Gasteiger partial charge is 0.410 e. The van der Waals surface area contributed by atoms with Crippen molar-refractivity contribution in [3.8, 4) is 0 Å². The molecule has 0 unspecified atom stereocenters. The molecule has 92 valence electrons. The molecule has 0 saturated carbocycles. The summed E-state index contributed by atoms with van der Waals surface area (Å²) in [5.74, 6) is 0. The Hall–Kier alpha value is -0.770. The van der Waals surface area contributed by atoms with Crippen LogP contribution in [-0.4, -0.2) is 41.9 Å². The summed E-state index contributed by atoms with van der Waals surface area (Å²) in [7, 11) is 0. The number of piperidine rings is 1. The lowest BCUT2D eigenvalue weighted by Gasteiger charge is -2.51. The number of hydrogen-bond acceptors (Lipinski definition) is 3. The first-order chi connectivity index (χ1) is 7.43. The standard InChI is InChI=1S/C12H21NO3/c1-11(2,3)16-10(14)13-7-5-4-6-12(13)8-15-9-12/h4-9H2,1-3H3. The molecule has 4 nitrogen and oxygen atoms in total. The van der Waals surface area contributed by atoms with Crippen molar-refractivity contribution in [3.63, 3.8) is 0 Å². The fraction of sp³-hybridized carbons (Fsp3) is 0.917. The van der Waals surface area contributed by atoms with E-state index in [2.05, 4.69) is 0 Å². The van der Waals surface area contributed by atoms with Crippen molar-refractivity contribution < 1.29 is 14.3 Å². The first-order valence-electron chi connectivity index (χ1n) is 6.01. The zero-order valence-electron chi connectivity index (χ0n) is 10.4. The lowest BCUT2D eigenvalue weighted by molar-refractivity contribution is -0.150. The van der Waals surface area contributed by atoms with Gasteiger partial charge in [0, 0.05) is 6.54 Å². The lowest BCUT2D eigenvalue weighted by atomic mass is 9.85. The molecular weight excluding hydrogens is 206 g/mol. The summed E-state index contributed by atoms with van der Waals surface area (Å²) in [5.41, 5.74) is -0.471.